The molecule has 1 heterocycles. The smallest absolute Gasteiger partial charge is 0.261 e. The molecule has 0 bridgehead atoms. The Bertz CT molecular complexity index is 496. The summed E-state index contributed by atoms with van der Waals surface area (Å²) >= 11 is 6.60. The fourth-order valence-corrected chi connectivity index (χ4v) is 3.03. The van der Waals surface area contributed by atoms with Gasteiger partial charge in [-0.25, -0.2) is 0 Å². The molecular weight excluding hydrogens is 330 g/mol. The molecule has 0 unspecified atom stereocenters. The SMILES string of the molecule is O=C(NCCSc1ccc(Br)cc1)c1cccs1. The minimum Gasteiger partial charge on any atom is -0.350 e. The lowest BCUT2D eigenvalue weighted by molar-refractivity contribution is 0.0960. The second-order valence-electron chi connectivity index (χ2n) is 3.54. The van der Waals surface area contributed by atoms with Gasteiger partial charge in [-0.3, -0.25) is 4.79 Å². The highest BCUT2D eigenvalue weighted by atomic mass is 79.9. The minimum atomic E-state index is 0.0152. The summed E-state index contributed by atoms with van der Waals surface area (Å²) in [6.45, 7) is 0.678. The number of hydrogen-bond acceptors (Lipinski definition) is 3. The highest BCUT2D eigenvalue weighted by Crippen LogP contribution is 2.20. The van der Waals surface area contributed by atoms with E-state index in [1.54, 1.807) is 11.8 Å². The molecule has 0 radical (unpaired) electrons. The van der Waals surface area contributed by atoms with Crippen LogP contribution >= 0.6 is 39.0 Å². The quantitative estimate of drug-likeness (QED) is 0.657. The van der Waals surface area contributed by atoms with E-state index in [2.05, 4.69) is 33.4 Å². The fraction of sp³-hybridized carbons (Fsp3) is 0.154. The maximum absolute atomic E-state index is 11.6. The number of thioether (sulfide) groups is 1. The Balaban J connectivity index is 1.70. The number of benzene rings is 1. The topological polar surface area (TPSA) is 29.1 Å². The molecule has 1 aromatic heterocycles. The van der Waals surface area contributed by atoms with Gasteiger partial charge >= 0.3 is 0 Å². The fourth-order valence-electron chi connectivity index (χ4n) is 1.36. The average Bonchev–Trinajstić information content (AvgIpc) is 2.90. The molecule has 0 saturated carbocycles. The number of halogens is 1. The van der Waals surface area contributed by atoms with Crippen LogP contribution in [-0.4, -0.2) is 18.2 Å². The van der Waals surface area contributed by atoms with E-state index in [9.17, 15) is 4.79 Å². The third kappa shape index (κ3) is 4.15. The standard InChI is InChI=1S/C13H12BrNOS2/c14-10-3-5-11(6-4-10)17-9-7-15-13(16)12-2-1-8-18-12/h1-6,8H,7,9H2,(H,15,16). The second kappa shape index (κ2) is 6.97. The van der Waals surface area contributed by atoms with Crippen LogP contribution in [-0.2, 0) is 0 Å². The molecule has 18 heavy (non-hydrogen) atoms. The highest BCUT2D eigenvalue weighted by molar-refractivity contribution is 9.10. The molecule has 1 N–H and O–H groups in total. The van der Waals surface area contributed by atoms with E-state index in [0.29, 0.717) is 6.54 Å². The third-order valence-corrected chi connectivity index (χ3v) is 4.63. The van der Waals surface area contributed by atoms with Gasteiger partial charge in [0.15, 0.2) is 0 Å². The van der Waals surface area contributed by atoms with Gasteiger partial charge in [-0.05, 0) is 35.7 Å². The summed E-state index contributed by atoms with van der Waals surface area (Å²) in [6.07, 6.45) is 0. The van der Waals surface area contributed by atoms with Gasteiger partial charge in [0.05, 0.1) is 4.88 Å². The van der Waals surface area contributed by atoms with Gasteiger partial charge in [0, 0.05) is 21.7 Å². The highest BCUT2D eigenvalue weighted by Gasteiger charge is 2.04. The van der Waals surface area contributed by atoms with Crippen LogP contribution in [0, 0.1) is 0 Å². The normalized spacial score (nSPS) is 10.3. The zero-order valence-corrected chi connectivity index (χ0v) is 12.8. The predicted molar refractivity (Wildman–Crippen MR) is 81.5 cm³/mol. The van der Waals surface area contributed by atoms with Crippen molar-refractivity contribution in [3.05, 3.63) is 51.1 Å². The number of nitrogens with one attached hydrogen (secondary N) is 1. The van der Waals surface area contributed by atoms with Crippen LogP contribution in [0.4, 0.5) is 0 Å². The Morgan fingerprint density at radius 3 is 2.72 bits per heavy atom. The number of hydrogen-bond donors (Lipinski definition) is 1. The molecule has 0 aliphatic rings. The van der Waals surface area contributed by atoms with Crippen molar-refractivity contribution in [1.29, 1.82) is 0 Å². The molecule has 1 amide bonds. The summed E-state index contributed by atoms with van der Waals surface area (Å²) in [7, 11) is 0. The minimum absolute atomic E-state index is 0.0152. The van der Waals surface area contributed by atoms with E-state index in [0.717, 1.165) is 15.1 Å². The van der Waals surface area contributed by atoms with Crippen LogP contribution in [0.15, 0.2) is 51.1 Å². The summed E-state index contributed by atoms with van der Waals surface area (Å²) in [5.41, 5.74) is 0. The van der Waals surface area contributed by atoms with Crippen molar-refractivity contribution in [3.63, 3.8) is 0 Å². The molecule has 0 aliphatic carbocycles. The first kappa shape index (κ1) is 13.6. The van der Waals surface area contributed by atoms with Gasteiger partial charge in [0.2, 0.25) is 0 Å². The van der Waals surface area contributed by atoms with Crippen LogP contribution < -0.4 is 5.32 Å². The maximum atomic E-state index is 11.6. The molecule has 1 aromatic carbocycles. The molecule has 0 saturated heterocycles. The maximum Gasteiger partial charge on any atom is 0.261 e. The molecule has 5 heteroatoms. The lowest BCUT2D eigenvalue weighted by Gasteiger charge is -2.04. The van der Waals surface area contributed by atoms with Crippen molar-refractivity contribution in [2.75, 3.05) is 12.3 Å². The summed E-state index contributed by atoms with van der Waals surface area (Å²) in [5.74, 6) is 0.889. The van der Waals surface area contributed by atoms with Gasteiger partial charge in [-0.15, -0.1) is 23.1 Å². The molecule has 94 valence electrons. The Morgan fingerprint density at radius 2 is 2.06 bits per heavy atom. The monoisotopic (exact) mass is 341 g/mol. The number of amides is 1. The van der Waals surface area contributed by atoms with E-state index in [1.165, 1.54) is 16.2 Å². The van der Waals surface area contributed by atoms with E-state index < -0.39 is 0 Å². The van der Waals surface area contributed by atoms with Gasteiger partial charge in [-0.2, -0.15) is 0 Å². The van der Waals surface area contributed by atoms with Crippen LogP contribution in [0.5, 0.6) is 0 Å². The first-order valence-electron chi connectivity index (χ1n) is 5.46. The van der Waals surface area contributed by atoms with Gasteiger partial charge in [-0.1, -0.05) is 22.0 Å². The molecule has 0 atom stereocenters. The summed E-state index contributed by atoms with van der Waals surface area (Å²) < 4.78 is 1.08. The first-order valence-corrected chi connectivity index (χ1v) is 8.11. The zero-order chi connectivity index (χ0) is 12.8. The van der Waals surface area contributed by atoms with Gasteiger partial charge < -0.3 is 5.32 Å². The van der Waals surface area contributed by atoms with Crippen LogP contribution in [0.25, 0.3) is 0 Å². The van der Waals surface area contributed by atoms with Crippen molar-refractivity contribution >= 4 is 44.9 Å². The Labute approximate surface area is 123 Å². The zero-order valence-electron chi connectivity index (χ0n) is 9.56. The Kier molecular flexibility index (Phi) is 5.28. The molecule has 0 fully saturated rings. The number of carbonyl (C=O) groups excluding carboxylic acids is 1. The van der Waals surface area contributed by atoms with Crippen LogP contribution in [0.2, 0.25) is 0 Å². The molecule has 2 rings (SSSR count). The van der Waals surface area contributed by atoms with Crippen molar-refractivity contribution in [1.82, 2.24) is 5.32 Å². The molecular formula is C13H12BrNOS2. The lowest BCUT2D eigenvalue weighted by Crippen LogP contribution is -2.24. The summed E-state index contributed by atoms with van der Waals surface area (Å²) in [5, 5.41) is 4.82. The van der Waals surface area contributed by atoms with E-state index in [4.69, 9.17) is 0 Å². The van der Waals surface area contributed by atoms with Crippen LogP contribution in [0.1, 0.15) is 9.67 Å². The third-order valence-electron chi connectivity index (χ3n) is 2.21. The van der Waals surface area contributed by atoms with Crippen molar-refractivity contribution < 1.29 is 4.79 Å². The second-order valence-corrected chi connectivity index (χ2v) is 6.57. The van der Waals surface area contributed by atoms with Crippen molar-refractivity contribution in [2.45, 2.75) is 4.90 Å². The summed E-state index contributed by atoms with van der Waals surface area (Å²) in [6, 6.07) is 11.9. The molecule has 0 spiro atoms. The number of rotatable bonds is 5. The average molecular weight is 342 g/mol. The Morgan fingerprint density at radius 1 is 1.28 bits per heavy atom. The first-order chi connectivity index (χ1) is 8.75. The summed E-state index contributed by atoms with van der Waals surface area (Å²) in [4.78, 5) is 13.6. The van der Waals surface area contributed by atoms with Crippen molar-refractivity contribution in [2.24, 2.45) is 0 Å². The number of thiophene rings is 1. The van der Waals surface area contributed by atoms with E-state index >= 15 is 0 Å². The molecule has 0 aliphatic heterocycles. The van der Waals surface area contributed by atoms with E-state index in [-0.39, 0.29) is 5.91 Å². The van der Waals surface area contributed by atoms with E-state index in [1.807, 2.05) is 29.6 Å². The van der Waals surface area contributed by atoms with Crippen LogP contribution in [0.3, 0.4) is 0 Å². The van der Waals surface area contributed by atoms with Gasteiger partial charge in [0.25, 0.3) is 5.91 Å². The van der Waals surface area contributed by atoms with Gasteiger partial charge in [0.1, 0.15) is 0 Å². The molecule has 2 aromatic rings. The lowest BCUT2D eigenvalue weighted by atomic mass is 10.4. The Hall–Kier alpha value is -0.780. The molecule has 2 nitrogen and oxygen atoms in total. The number of carbonyl (C=O) groups is 1. The predicted octanol–water partition coefficient (Wildman–Crippen LogP) is 4.03. The largest absolute Gasteiger partial charge is 0.350 e. The van der Waals surface area contributed by atoms with Crippen molar-refractivity contribution in [3.8, 4) is 0 Å².